The Bertz CT molecular complexity index is 834. The Morgan fingerprint density at radius 3 is 2.77 bits per heavy atom. The van der Waals surface area contributed by atoms with Gasteiger partial charge >= 0.3 is 0 Å². The van der Waals surface area contributed by atoms with Gasteiger partial charge in [0.1, 0.15) is 0 Å². The van der Waals surface area contributed by atoms with Gasteiger partial charge in [0, 0.05) is 56.4 Å². The van der Waals surface area contributed by atoms with Gasteiger partial charge in [-0.2, -0.15) is 0 Å². The highest BCUT2D eigenvalue weighted by Crippen LogP contribution is 2.24. The first-order valence-corrected chi connectivity index (χ1v) is 9.67. The number of fused-ring (bicyclic) bond motifs is 2. The quantitative estimate of drug-likeness (QED) is 0.831. The number of rotatable bonds is 2. The highest BCUT2D eigenvalue weighted by atomic mass is 16.2. The van der Waals surface area contributed by atoms with Crippen molar-refractivity contribution in [3.8, 4) is 0 Å². The Morgan fingerprint density at radius 2 is 1.96 bits per heavy atom. The number of pyridine rings is 1. The van der Waals surface area contributed by atoms with Gasteiger partial charge < -0.3 is 9.80 Å². The summed E-state index contributed by atoms with van der Waals surface area (Å²) in [5, 5.41) is 0.989. The molecular weight excluding hydrogens is 324 g/mol. The number of benzene rings is 1. The summed E-state index contributed by atoms with van der Waals surface area (Å²) in [6.45, 7) is 10.0. The van der Waals surface area contributed by atoms with E-state index in [1.54, 1.807) is 0 Å². The van der Waals surface area contributed by atoms with Crippen LogP contribution in [0, 0.1) is 6.92 Å². The van der Waals surface area contributed by atoms with Crippen LogP contribution in [0.5, 0.6) is 0 Å². The van der Waals surface area contributed by atoms with Crippen molar-refractivity contribution in [1.82, 2.24) is 19.7 Å². The van der Waals surface area contributed by atoms with E-state index in [4.69, 9.17) is 0 Å². The number of aryl methyl sites for hydroxylation is 2. The molecule has 0 aliphatic carbocycles. The minimum atomic E-state index is 0.154. The molecule has 3 heterocycles. The zero-order chi connectivity index (χ0) is 18.3. The fraction of sp³-hybridized carbons (Fsp3) is 0.524. The molecule has 2 fully saturated rings. The normalized spacial score (nSPS) is 21.8. The average Bonchev–Trinajstić information content (AvgIpc) is 2.65. The van der Waals surface area contributed by atoms with Crippen LogP contribution in [0.4, 0.5) is 0 Å². The number of amides is 1. The van der Waals surface area contributed by atoms with Crippen LogP contribution in [-0.2, 0) is 6.42 Å². The van der Waals surface area contributed by atoms with Gasteiger partial charge in [-0.3, -0.25) is 14.7 Å². The lowest BCUT2D eigenvalue weighted by molar-refractivity contribution is 0.0191. The first kappa shape index (κ1) is 17.4. The molecule has 5 nitrogen and oxygen atoms in total. The molecule has 1 aromatic carbocycles. The second-order valence-electron chi connectivity index (χ2n) is 7.72. The molecule has 0 radical (unpaired) electrons. The van der Waals surface area contributed by atoms with E-state index >= 15 is 0 Å². The predicted molar refractivity (Wildman–Crippen MR) is 105 cm³/mol. The Hall–Kier alpha value is -1.98. The molecule has 5 heteroatoms. The van der Waals surface area contributed by atoms with Gasteiger partial charge in [0.05, 0.1) is 11.1 Å². The maximum Gasteiger partial charge on any atom is 0.254 e. The Morgan fingerprint density at radius 1 is 1.15 bits per heavy atom. The van der Waals surface area contributed by atoms with E-state index in [9.17, 15) is 4.79 Å². The van der Waals surface area contributed by atoms with Crippen molar-refractivity contribution in [1.29, 1.82) is 0 Å². The lowest BCUT2D eigenvalue weighted by Crippen LogP contribution is -2.62. The number of nitrogens with zero attached hydrogens (tertiary/aromatic N) is 4. The van der Waals surface area contributed by atoms with Gasteiger partial charge in [0.15, 0.2) is 0 Å². The minimum absolute atomic E-state index is 0.154. The number of aromatic nitrogens is 1. The summed E-state index contributed by atoms with van der Waals surface area (Å²) in [6.07, 6.45) is 0.963. The number of likely N-dealkylation sites (N-methyl/N-ethyl adjacent to an activating group) is 1. The number of hydrogen-bond donors (Lipinski definition) is 0. The molecule has 1 amide bonds. The predicted octanol–water partition coefficient (Wildman–Crippen LogP) is 2.18. The first-order valence-electron chi connectivity index (χ1n) is 9.67. The summed E-state index contributed by atoms with van der Waals surface area (Å²) in [7, 11) is 2.17. The van der Waals surface area contributed by atoms with Crippen molar-refractivity contribution in [3.63, 3.8) is 0 Å². The molecule has 2 aliphatic rings. The van der Waals surface area contributed by atoms with Gasteiger partial charge in [-0.25, -0.2) is 0 Å². The van der Waals surface area contributed by atoms with Gasteiger partial charge in [-0.15, -0.1) is 0 Å². The van der Waals surface area contributed by atoms with Crippen LogP contribution >= 0.6 is 0 Å². The fourth-order valence-corrected chi connectivity index (χ4v) is 4.27. The summed E-state index contributed by atoms with van der Waals surface area (Å²) in [6, 6.07) is 8.71. The van der Waals surface area contributed by atoms with E-state index in [1.807, 2.05) is 24.0 Å². The number of carbonyl (C=O) groups is 1. The number of piperazine rings is 2. The second-order valence-corrected chi connectivity index (χ2v) is 7.72. The molecule has 0 unspecified atom stereocenters. The molecule has 1 atom stereocenters. The summed E-state index contributed by atoms with van der Waals surface area (Å²) >= 11 is 0. The molecule has 0 saturated carbocycles. The molecule has 0 bridgehead atoms. The Balaban J connectivity index is 1.65. The van der Waals surface area contributed by atoms with Crippen molar-refractivity contribution in [2.45, 2.75) is 26.3 Å². The van der Waals surface area contributed by atoms with Gasteiger partial charge in [0.2, 0.25) is 0 Å². The van der Waals surface area contributed by atoms with Crippen molar-refractivity contribution >= 4 is 16.8 Å². The molecule has 4 rings (SSSR count). The first-order chi connectivity index (χ1) is 12.5. The fourth-order valence-electron chi connectivity index (χ4n) is 4.27. The van der Waals surface area contributed by atoms with E-state index in [-0.39, 0.29) is 5.91 Å². The summed E-state index contributed by atoms with van der Waals surface area (Å²) in [5.41, 5.74) is 3.87. The topological polar surface area (TPSA) is 39.7 Å². The van der Waals surface area contributed by atoms with E-state index in [2.05, 4.69) is 40.9 Å². The smallest absolute Gasteiger partial charge is 0.254 e. The third kappa shape index (κ3) is 3.21. The lowest BCUT2D eigenvalue weighted by atomic mass is 10.0. The zero-order valence-corrected chi connectivity index (χ0v) is 16.0. The molecule has 2 aliphatic heterocycles. The van der Waals surface area contributed by atoms with Crippen LogP contribution in [0.3, 0.4) is 0 Å². The maximum atomic E-state index is 13.4. The molecule has 26 heavy (non-hydrogen) atoms. The standard InChI is InChI=1S/C21H28N4O/c1-4-16-5-6-20-18(12-16)19(11-15(2)22-20)21(26)25-10-9-24-8-7-23(3)13-17(24)14-25/h5-6,11-12,17H,4,7-10,13-14H2,1-3H3/t17-/m0/s1. The van der Waals surface area contributed by atoms with Crippen LogP contribution in [0.2, 0.25) is 0 Å². The third-order valence-corrected chi connectivity index (χ3v) is 5.82. The van der Waals surface area contributed by atoms with E-state index in [0.29, 0.717) is 6.04 Å². The Kier molecular flexibility index (Phi) is 4.67. The molecule has 2 aromatic rings. The van der Waals surface area contributed by atoms with Crippen LogP contribution in [0.25, 0.3) is 10.9 Å². The van der Waals surface area contributed by atoms with Crippen molar-refractivity contribution < 1.29 is 4.79 Å². The van der Waals surface area contributed by atoms with Gasteiger partial charge in [-0.1, -0.05) is 13.0 Å². The van der Waals surface area contributed by atoms with Crippen LogP contribution in [0.1, 0.15) is 28.5 Å². The minimum Gasteiger partial charge on any atom is -0.336 e. The molecule has 2 saturated heterocycles. The largest absolute Gasteiger partial charge is 0.336 e. The highest BCUT2D eigenvalue weighted by molar-refractivity contribution is 6.06. The zero-order valence-electron chi connectivity index (χ0n) is 16.0. The molecule has 0 spiro atoms. The van der Waals surface area contributed by atoms with E-state index < -0.39 is 0 Å². The Labute approximate surface area is 155 Å². The van der Waals surface area contributed by atoms with Crippen LogP contribution in [0.15, 0.2) is 24.3 Å². The highest BCUT2D eigenvalue weighted by Gasteiger charge is 2.33. The van der Waals surface area contributed by atoms with E-state index in [0.717, 1.165) is 67.8 Å². The number of hydrogen-bond acceptors (Lipinski definition) is 4. The monoisotopic (exact) mass is 352 g/mol. The second kappa shape index (κ2) is 6.97. The molecule has 1 aromatic heterocycles. The summed E-state index contributed by atoms with van der Waals surface area (Å²) < 4.78 is 0. The van der Waals surface area contributed by atoms with E-state index in [1.165, 1.54) is 5.56 Å². The summed E-state index contributed by atoms with van der Waals surface area (Å²) in [5.74, 6) is 0.154. The van der Waals surface area contributed by atoms with Crippen molar-refractivity contribution in [3.05, 3.63) is 41.1 Å². The van der Waals surface area contributed by atoms with Crippen molar-refractivity contribution in [2.24, 2.45) is 0 Å². The third-order valence-electron chi connectivity index (χ3n) is 5.82. The summed E-state index contributed by atoms with van der Waals surface area (Å²) in [4.78, 5) is 25.0. The van der Waals surface area contributed by atoms with Gasteiger partial charge in [0.25, 0.3) is 5.91 Å². The number of carbonyl (C=O) groups excluding carboxylic acids is 1. The lowest BCUT2D eigenvalue weighted by Gasteiger charge is -2.46. The van der Waals surface area contributed by atoms with Crippen LogP contribution in [-0.4, -0.2) is 77.9 Å². The molecule has 138 valence electrons. The molecular formula is C21H28N4O. The van der Waals surface area contributed by atoms with Crippen molar-refractivity contribution in [2.75, 3.05) is 46.3 Å². The average molecular weight is 352 g/mol. The SMILES string of the molecule is CCc1ccc2nc(C)cc(C(=O)N3CCN4CCN(C)C[C@H]4C3)c2c1. The van der Waals surface area contributed by atoms with Gasteiger partial charge in [-0.05, 0) is 44.2 Å². The maximum absolute atomic E-state index is 13.4. The van der Waals surface area contributed by atoms with Crippen LogP contribution < -0.4 is 0 Å². The molecule has 0 N–H and O–H groups in total.